The number of halogens is 2. The molecular weight excluding hydrogens is 295 g/mol. The zero-order valence-electron chi connectivity index (χ0n) is 11.3. The third kappa shape index (κ3) is 3.11. The number of carbonyl (C=O) groups is 1. The van der Waals surface area contributed by atoms with Crippen molar-refractivity contribution in [3.05, 3.63) is 34.9 Å². The summed E-state index contributed by atoms with van der Waals surface area (Å²) >= 11 is 5.90. The van der Waals surface area contributed by atoms with Gasteiger partial charge in [-0.2, -0.15) is 0 Å². The Labute approximate surface area is 130 Å². The molecule has 3 rings (SSSR count). The molecule has 5 heteroatoms. The molecule has 1 aliphatic carbocycles. The molecule has 1 aromatic rings. The summed E-state index contributed by atoms with van der Waals surface area (Å²) in [4.78, 5) is 12.4. The lowest BCUT2D eigenvalue weighted by atomic mass is 9.95. The first-order valence-electron chi connectivity index (χ1n) is 6.98. The van der Waals surface area contributed by atoms with Gasteiger partial charge < -0.3 is 10.6 Å². The molecule has 1 saturated carbocycles. The number of nitrogens with one attached hydrogen (secondary N) is 2. The number of rotatable bonds is 4. The van der Waals surface area contributed by atoms with E-state index in [0.29, 0.717) is 6.04 Å². The predicted molar refractivity (Wildman–Crippen MR) is 83.6 cm³/mol. The van der Waals surface area contributed by atoms with Crippen LogP contribution in [0.1, 0.15) is 31.2 Å². The first kappa shape index (κ1) is 15.6. The van der Waals surface area contributed by atoms with Gasteiger partial charge in [0.25, 0.3) is 0 Å². The highest BCUT2D eigenvalue weighted by Crippen LogP contribution is 2.48. The van der Waals surface area contributed by atoms with Gasteiger partial charge in [0.1, 0.15) is 0 Å². The summed E-state index contributed by atoms with van der Waals surface area (Å²) in [7, 11) is 0. The van der Waals surface area contributed by atoms with E-state index in [9.17, 15) is 4.79 Å². The van der Waals surface area contributed by atoms with Crippen molar-refractivity contribution < 1.29 is 4.79 Å². The molecule has 1 amide bonds. The smallest absolute Gasteiger partial charge is 0.230 e. The second kappa shape index (κ2) is 6.33. The zero-order chi connectivity index (χ0) is 13.3. The maximum atomic E-state index is 12.4. The fraction of sp³-hybridized carbons (Fsp3) is 0.533. The summed E-state index contributed by atoms with van der Waals surface area (Å²) in [5, 5.41) is 7.22. The summed E-state index contributed by atoms with van der Waals surface area (Å²) < 4.78 is 0. The first-order valence-corrected chi connectivity index (χ1v) is 7.36. The SMILES string of the molecule is Cl.O=C(NCC1CCCN1)C1(c2ccc(Cl)cc2)CC1. The van der Waals surface area contributed by atoms with Crippen LogP contribution in [0.15, 0.2) is 24.3 Å². The second-order valence-electron chi connectivity index (χ2n) is 5.59. The molecule has 0 bridgehead atoms. The van der Waals surface area contributed by atoms with Crippen molar-refractivity contribution in [1.82, 2.24) is 10.6 Å². The molecule has 1 unspecified atom stereocenters. The Morgan fingerprint density at radius 2 is 2.05 bits per heavy atom. The van der Waals surface area contributed by atoms with Crippen molar-refractivity contribution in [1.29, 1.82) is 0 Å². The Morgan fingerprint density at radius 3 is 2.60 bits per heavy atom. The summed E-state index contributed by atoms with van der Waals surface area (Å²) in [5.41, 5.74) is 0.803. The molecule has 0 aromatic heterocycles. The van der Waals surface area contributed by atoms with Gasteiger partial charge in [0, 0.05) is 17.6 Å². The molecule has 0 radical (unpaired) electrons. The lowest BCUT2D eigenvalue weighted by molar-refractivity contribution is -0.123. The second-order valence-corrected chi connectivity index (χ2v) is 6.03. The van der Waals surface area contributed by atoms with Crippen LogP contribution in [0.25, 0.3) is 0 Å². The summed E-state index contributed by atoms with van der Waals surface area (Å²) in [5.74, 6) is 0.170. The summed E-state index contributed by atoms with van der Waals surface area (Å²) in [6.07, 6.45) is 4.26. The fourth-order valence-corrected chi connectivity index (χ4v) is 2.98. The number of amides is 1. The maximum absolute atomic E-state index is 12.4. The van der Waals surface area contributed by atoms with Gasteiger partial charge in [0.05, 0.1) is 5.41 Å². The average Bonchev–Trinajstić information content (AvgIpc) is 3.07. The van der Waals surface area contributed by atoms with Gasteiger partial charge in [-0.1, -0.05) is 23.7 Å². The highest BCUT2D eigenvalue weighted by Gasteiger charge is 2.51. The number of benzene rings is 1. The van der Waals surface area contributed by atoms with E-state index in [4.69, 9.17) is 11.6 Å². The monoisotopic (exact) mass is 314 g/mol. The molecular formula is C15H20Cl2N2O. The maximum Gasteiger partial charge on any atom is 0.230 e. The minimum Gasteiger partial charge on any atom is -0.354 e. The van der Waals surface area contributed by atoms with Gasteiger partial charge in [-0.3, -0.25) is 4.79 Å². The van der Waals surface area contributed by atoms with E-state index in [-0.39, 0.29) is 23.7 Å². The molecule has 0 spiro atoms. The molecule has 3 nitrogen and oxygen atoms in total. The first-order chi connectivity index (χ1) is 9.21. The van der Waals surface area contributed by atoms with E-state index >= 15 is 0 Å². The van der Waals surface area contributed by atoms with Crippen LogP contribution in [-0.4, -0.2) is 25.0 Å². The van der Waals surface area contributed by atoms with Gasteiger partial charge in [-0.05, 0) is 49.9 Å². The van der Waals surface area contributed by atoms with Crippen molar-refractivity contribution in [2.45, 2.75) is 37.1 Å². The highest BCUT2D eigenvalue weighted by atomic mass is 35.5. The van der Waals surface area contributed by atoms with Crippen LogP contribution in [0.3, 0.4) is 0 Å². The predicted octanol–water partition coefficient (Wildman–Crippen LogP) is 2.66. The minimum absolute atomic E-state index is 0. The number of hydrogen-bond donors (Lipinski definition) is 2. The van der Waals surface area contributed by atoms with Gasteiger partial charge >= 0.3 is 0 Å². The lowest BCUT2D eigenvalue weighted by Crippen LogP contribution is -2.42. The normalized spacial score (nSPS) is 22.9. The van der Waals surface area contributed by atoms with Gasteiger partial charge in [0.2, 0.25) is 5.91 Å². The average molecular weight is 315 g/mol. The Hall–Kier alpha value is -0.770. The highest BCUT2D eigenvalue weighted by molar-refractivity contribution is 6.30. The van der Waals surface area contributed by atoms with Crippen LogP contribution < -0.4 is 10.6 Å². The molecule has 2 aliphatic rings. The van der Waals surface area contributed by atoms with E-state index in [1.165, 1.54) is 6.42 Å². The van der Waals surface area contributed by atoms with Crippen molar-refractivity contribution in [2.24, 2.45) is 0 Å². The molecule has 1 atom stereocenters. The van der Waals surface area contributed by atoms with Crippen molar-refractivity contribution in [3.63, 3.8) is 0 Å². The molecule has 1 heterocycles. The lowest BCUT2D eigenvalue weighted by Gasteiger charge is -2.18. The van der Waals surface area contributed by atoms with Crippen LogP contribution in [-0.2, 0) is 10.2 Å². The molecule has 110 valence electrons. The third-order valence-electron chi connectivity index (χ3n) is 4.25. The van der Waals surface area contributed by atoms with Crippen LogP contribution in [0.2, 0.25) is 5.02 Å². The topological polar surface area (TPSA) is 41.1 Å². The quantitative estimate of drug-likeness (QED) is 0.897. The Bertz CT molecular complexity index is 465. The van der Waals surface area contributed by atoms with Crippen molar-refractivity contribution in [2.75, 3.05) is 13.1 Å². The van der Waals surface area contributed by atoms with E-state index in [2.05, 4.69) is 10.6 Å². The van der Waals surface area contributed by atoms with Crippen molar-refractivity contribution >= 4 is 29.9 Å². The third-order valence-corrected chi connectivity index (χ3v) is 4.50. The standard InChI is InChI=1S/C15H19ClN2O.ClH/c16-12-5-3-11(4-6-12)15(7-8-15)14(19)18-10-13-2-1-9-17-13;/h3-6,13,17H,1-2,7-10H2,(H,18,19);1H. The van der Waals surface area contributed by atoms with E-state index < -0.39 is 0 Å². The Kier molecular flexibility index (Phi) is 4.95. The van der Waals surface area contributed by atoms with E-state index in [0.717, 1.165) is 42.9 Å². The molecule has 2 fully saturated rings. The van der Waals surface area contributed by atoms with Gasteiger partial charge in [-0.15, -0.1) is 12.4 Å². The van der Waals surface area contributed by atoms with Gasteiger partial charge in [0.15, 0.2) is 0 Å². The van der Waals surface area contributed by atoms with Crippen molar-refractivity contribution in [3.8, 4) is 0 Å². The molecule has 2 N–H and O–H groups in total. The zero-order valence-corrected chi connectivity index (χ0v) is 12.9. The summed E-state index contributed by atoms with van der Waals surface area (Å²) in [6, 6.07) is 8.13. The Balaban J connectivity index is 0.00000147. The molecule has 20 heavy (non-hydrogen) atoms. The van der Waals surface area contributed by atoms with Gasteiger partial charge in [-0.25, -0.2) is 0 Å². The number of carbonyl (C=O) groups excluding carboxylic acids is 1. The molecule has 1 aromatic carbocycles. The minimum atomic E-state index is -0.288. The van der Waals surface area contributed by atoms with Crippen LogP contribution in [0.4, 0.5) is 0 Å². The summed E-state index contributed by atoms with van der Waals surface area (Å²) in [6.45, 7) is 1.82. The van der Waals surface area contributed by atoms with E-state index in [1.54, 1.807) is 0 Å². The number of hydrogen-bond acceptors (Lipinski definition) is 2. The molecule has 1 aliphatic heterocycles. The van der Waals surface area contributed by atoms with Crippen LogP contribution in [0.5, 0.6) is 0 Å². The largest absolute Gasteiger partial charge is 0.354 e. The Morgan fingerprint density at radius 1 is 1.35 bits per heavy atom. The molecule has 1 saturated heterocycles. The van der Waals surface area contributed by atoms with E-state index in [1.807, 2.05) is 24.3 Å². The van der Waals surface area contributed by atoms with Crippen LogP contribution >= 0.6 is 24.0 Å². The fourth-order valence-electron chi connectivity index (χ4n) is 2.86. The van der Waals surface area contributed by atoms with Crippen LogP contribution in [0, 0.1) is 0 Å².